The van der Waals surface area contributed by atoms with Crippen LogP contribution in [0, 0.1) is 0 Å². The van der Waals surface area contributed by atoms with Crippen LogP contribution in [0.4, 0.5) is 11.9 Å². The molecular formula is C14H28N6O. The third kappa shape index (κ3) is 6.57. The second-order valence-corrected chi connectivity index (χ2v) is 5.24. The molecule has 0 radical (unpaired) electrons. The monoisotopic (exact) mass is 296 g/mol. The molecule has 0 saturated heterocycles. The molecule has 7 nitrogen and oxygen atoms in total. The van der Waals surface area contributed by atoms with Crippen LogP contribution in [0.5, 0.6) is 6.01 Å². The van der Waals surface area contributed by atoms with E-state index >= 15 is 0 Å². The second kappa shape index (κ2) is 9.33. The summed E-state index contributed by atoms with van der Waals surface area (Å²) in [7, 11) is 6.07. The Balaban J connectivity index is 2.83. The average molecular weight is 296 g/mol. The highest BCUT2D eigenvalue weighted by Gasteiger charge is 2.11. The number of hydrogen-bond donors (Lipinski definition) is 1. The molecule has 0 aromatic carbocycles. The number of likely N-dealkylation sites (N-methyl/N-ethyl adjacent to an activating group) is 2. The van der Waals surface area contributed by atoms with Crippen molar-refractivity contribution in [3.8, 4) is 6.01 Å². The Labute approximate surface area is 127 Å². The number of nitrogens with one attached hydrogen (secondary N) is 1. The van der Waals surface area contributed by atoms with Gasteiger partial charge < -0.3 is 19.9 Å². The van der Waals surface area contributed by atoms with E-state index in [1.165, 1.54) is 0 Å². The van der Waals surface area contributed by atoms with Crippen molar-refractivity contribution in [2.24, 2.45) is 0 Å². The Morgan fingerprint density at radius 2 is 1.76 bits per heavy atom. The predicted molar refractivity (Wildman–Crippen MR) is 86.2 cm³/mol. The molecule has 7 heteroatoms. The van der Waals surface area contributed by atoms with Gasteiger partial charge in [0.15, 0.2) is 0 Å². The van der Waals surface area contributed by atoms with Crippen LogP contribution in [0.25, 0.3) is 0 Å². The van der Waals surface area contributed by atoms with Crippen LogP contribution in [-0.2, 0) is 0 Å². The smallest absolute Gasteiger partial charge is 0.323 e. The van der Waals surface area contributed by atoms with Crippen LogP contribution in [0.2, 0.25) is 0 Å². The minimum atomic E-state index is 0.386. The standard InChI is InChI=1S/C14H28N6O/c1-6-8-15-12-16-13(20(5)10-9-19(3)4)18-14(17-12)21-11-7-2/h6-11H2,1-5H3,(H,15,16,17,18). The van der Waals surface area contributed by atoms with Crippen molar-refractivity contribution in [2.75, 3.05) is 57.6 Å². The van der Waals surface area contributed by atoms with Crippen molar-refractivity contribution in [1.82, 2.24) is 19.9 Å². The van der Waals surface area contributed by atoms with Gasteiger partial charge in [-0.1, -0.05) is 13.8 Å². The van der Waals surface area contributed by atoms with Crippen molar-refractivity contribution < 1.29 is 4.74 Å². The first-order chi connectivity index (χ1) is 10.1. The number of rotatable bonds is 10. The largest absolute Gasteiger partial charge is 0.463 e. The maximum atomic E-state index is 5.55. The van der Waals surface area contributed by atoms with Gasteiger partial charge in [0.1, 0.15) is 0 Å². The summed E-state index contributed by atoms with van der Waals surface area (Å²) in [6.07, 6.45) is 1.94. The first-order valence-electron chi connectivity index (χ1n) is 7.55. The van der Waals surface area contributed by atoms with Gasteiger partial charge in [-0.15, -0.1) is 0 Å². The molecule has 1 rings (SSSR count). The van der Waals surface area contributed by atoms with Gasteiger partial charge in [-0.2, -0.15) is 15.0 Å². The Kier molecular flexibility index (Phi) is 7.74. The molecular weight excluding hydrogens is 268 g/mol. The topological polar surface area (TPSA) is 66.4 Å². The van der Waals surface area contributed by atoms with E-state index in [9.17, 15) is 0 Å². The molecule has 0 aliphatic rings. The lowest BCUT2D eigenvalue weighted by Gasteiger charge is -2.20. The van der Waals surface area contributed by atoms with E-state index in [1.807, 2.05) is 26.0 Å². The second-order valence-electron chi connectivity index (χ2n) is 5.24. The molecule has 0 aliphatic carbocycles. The van der Waals surface area contributed by atoms with Crippen molar-refractivity contribution in [2.45, 2.75) is 26.7 Å². The number of nitrogens with zero attached hydrogens (tertiary/aromatic N) is 5. The summed E-state index contributed by atoms with van der Waals surface area (Å²) in [6.45, 7) is 7.38. The Morgan fingerprint density at radius 3 is 2.38 bits per heavy atom. The van der Waals surface area contributed by atoms with E-state index in [0.29, 0.717) is 24.5 Å². The fourth-order valence-corrected chi connectivity index (χ4v) is 1.54. The van der Waals surface area contributed by atoms with E-state index in [1.54, 1.807) is 0 Å². The molecule has 0 unspecified atom stereocenters. The molecule has 1 aromatic rings. The van der Waals surface area contributed by atoms with Gasteiger partial charge in [0.25, 0.3) is 0 Å². The highest BCUT2D eigenvalue weighted by Crippen LogP contribution is 2.14. The molecule has 1 heterocycles. The summed E-state index contributed by atoms with van der Waals surface area (Å²) in [5.74, 6) is 1.21. The van der Waals surface area contributed by atoms with Crippen molar-refractivity contribution in [1.29, 1.82) is 0 Å². The number of ether oxygens (including phenoxy) is 1. The van der Waals surface area contributed by atoms with Crippen LogP contribution in [-0.4, -0.2) is 67.2 Å². The van der Waals surface area contributed by atoms with Crippen molar-refractivity contribution in [3.05, 3.63) is 0 Å². The number of hydrogen-bond acceptors (Lipinski definition) is 7. The molecule has 0 amide bonds. The molecule has 1 aromatic heterocycles. The van der Waals surface area contributed by atoms with E-state index in [0.717, 1.165) is 32.5 Å². The summed E-state index contributed by atoms with van der Waals surface area (Å²) >= 11 is 0. The molecule has 21 heavy (non-hydrogen) atoms. The SMILES string of the molecule is CCCNc1nc(OCCC)nc(N(C)CCN(C)C)n1. The first kappa shape index (κ1) is 17.4. The lowest BCUT2D eigenvalue weighted by atomic mass is 10.5. The quantitative estimate of drug-likeness (QED) is 0.701. The molecule has 0 fully saturated rings. The predicted octanol–water partition coefficient (Wildman–Crippen LogP) is 1.48. The van der Waals surface area contributed by atoms with Gasteiger partial charge in [-0.3, -0.25) is 0 Å². The molecule has 0 atom stereocenters. The fourth-order valence-electron chi connectivity index (χ4n) is 1.54. The van der Waals surface area contributed by atoms with Gasteiger partial charge in [0.05, 0.1) is 6.61 Å². The minimum absolute atomic E-state index is 0.386. The fraction of sp³-hybridized carbons (Fsp3) is 0.786. The molecule has 0 aliphatic heterocycles. The van der Waals surface area contributed by atoms with Gasteiger partial charge in [-0.25, -0.2) is 0 Å². The van der Waals surface area contributed by atoms with E-state index in [2.05, 4.69) is 39.0 Å². The molecule has 0 spiro atoms. The van der Waals surface area contributed by atoms with Crippen molar-refractivity contribution in [3.63, 3.8) is 0 Å². The van der Waals surface area contributed by atoms with Gasteiger partial charge >= 0.3 is 6.01 Å². The van der Waals surface area contributed by atoms with Crippen LogP contribution >= 0.6 is 0 Å². The third-order valence-corrected chi connectivity index (χ3v) is 2.80. The maximum absolute atomic E-state index is 5.55. The van der Waals surface area contributed by atoms with Crippen LogP contribution < -0.4 is 15.0 Å². The van der Waals surface area contributed by atoms with Crippen LogP contribution in [0.1, 0.15) is 26.7 Å². The first-order valence-corrected chi connectivity index (χ1v) is 7.55. The molecule has 0 bridgehead atoms. The number of anilines is 2. The molecule has 1 N–H and O–H groups in total. The van der Waals surface area contributed by atoms with Gasteiger partial charge in [0.2, 0.25) is 11.9 Å². The third-order valence-electron chi connectivity index (χ3n) is 2.80. The van der Waals surface area contributed by atoms with E-state index < -0.39 is 0 Å². The zero-order valence-electron chi connectivity index (χ0n) is 13.9. The summed E-state index contributed by atoms with van der Waals surface area (Å²) in [5, 5.41) is 3.19. The molecule has 0 saturated carbocycles. The lowest BCUT2D eigenvalue weighted by Crippen LogP contribution is -2.30. The Bertz CT molecular complexity index is 386. The zero-order valence-corrected chi connectivity index (χ0v) is 13.9. The average Bonchev–Trinajstić information content (AvgIpc) is 2.48. The molecule has 120 valence electrons. The van der Waals surface area contributed by atoms with Crippen LogP contribution in [0.15, 0.2) is 0 Å². The van der Waals surface area contributed by atoms with Gasteiger partial charge in [-0.05, 0) is 26.9 Å². The minimum Gasteiger partial charge on any atom is -0.463 e. The normalized spacial score (nSPS) is 10.8. The Hall–Kier alpha value is -1.63. The summed E-state index contributed by atoms with van der Waals surface area (Å²) in [6, 6.07) is 0.386. The lowest BCUT2D eigenvalue weighted by molar-refractivity contribution is 0.291. The summed E-state index contributed by atoms with van der Waals surface area (Å²) in [4.78, 5) is 17.3. The summed E-state index contributed by atoms with van der Waals surface area (Å²) in [5.41, 5.74) is 0. The summed E-state index contributed by atoms with van der Waals surface area (Å²) < 4.78 is 5.55. The zero-order chi connectivity index (χ0) is 15.7. The number of aromatic nitrogens is 3. The highest BCUT2D eigenvalue weighted by molar-refractivity contribution is 5.37. The highest BCUT2D eigenvalue weighted by atomic mass is 16.5. The van der Waals surface area contributed by atoms with Crippen LogP contribution in [0.3, 0.4) is 0 Å². The van der Waals surface area contributed by atoms with Gasteiger partial charge in [0, 0.05) is 26.7 Å². The van der Waals surface area contributed by atoms with E-state index in [4.69, 9.17) is 4.74 Å². The van der Waals surface area contributed by atoms with E-state index in [-0.39, 0.29) is 0 Å². The van der Waals surface area contributed by atoms with Crippen molar-refractivity contribution >= 4 is 11.9 Å². The maximum Gasteiger partial charge on any atom is 0.323 e. The Morgan fingerprint density at radius 1 is 1.00 bits per heavy atom.